The molecule has 1 heterocycles. The molecule has 26 heavy (non-hydrogen) atoms. The van der Waals surface area contributed by atoms with Crippen LogP contribution >= 0.6 is 11.6 Å². The van der Waals surface area contributed by atoms with Gasteiger partial charge in [0.05, 0.1) is 10.8 Å². The molecule has 1 aliphatic rings. The highest BCUT2D eigenvalue weighted by Crippen LogP contribution is 2.24. The molecule has 1 saturated heterocycles. The van der Waals surface area contributed by atoms with Gasteiger partial charge in [0.25, 0.3) is 5.69 Å². The number of piperazine rings is 1. The number of nitrogens with zero attached hydrogens (tertiary/aromatic N) is 3. The third kappa shape index (κ3) is 3.96. The number of rotatable bonds is 4. The summed E-state index contributed by atoms with van der Waals surface area (Å²) in [5, 5.41) is 11.5. The molecule has 7 heteroatoms. The van der Waals surface area contributed by atoms with Gasteiger partial charge in [-0.1, -0.05) is 29.8 Å². The summed E-state index contributed by atoms with van der Waals surface area (Å²) in [6.07, 6.45) is 0. The highest BCUT2D eigenvalue weighted by molar-refractivity contribution is 6.30. The van der Waals surface area contributed by atoms with E-state index in [4.69, 9.17) is 11.6 Å². The number of nitro benzene ring substituents is 1. The third-order valence-corrected chi connectivity index (χ3v) is 4.97. The van der Waals surface area contributed by atoms with Crippen molar-refractivity contribution in [2.45, 2.75) is 12.8 Å². The van der Waals surface area contributed by atoms with Crippen LogP contribution in [0.15, 0.2) is 48.5 Å². The van der Waals surface area contributed by atoms with Crippen molar-refractivity contribution in [1.29, 1.82) is 0 Å². The topological polar surface area (TPSA) is 66.7 Å². The van der Waals surface area contributed by atoms with E-state index in [1.807, 2.05) is 36.1 Å². The van der Waals surface area contributed by atoms with Gasteiger partial charge in [-0.05, 0) is 30.7 Å². The lowest BCUT2D eigenvalue weighted by Gasteiger charge is -2.37. The van der Waals surface area contributed by atoms with E-state index in [2.05, 4.69) is 4.90 Å². The Labute approximate surface area is 157 Å². The fraction of sp³-hybridized carbons (Fsp3) is 0.316. The molecule has 0 spiro atoms. The molecule has 0 saturated carbocycles. The summed E-state index contributed by atoms with van der Waals surface area (Å²) in [6.45, 7) is 4.62. The number of hydrogen-bond acceptors (Lipinski definition) is 4. The lowest BCUT2D eigenvalue weighted by molar-refractivity contribution is -0.384. The summed E-state index contributed by atoms with van der Waals surface area (Å²) in [5.74, 6) is -0.280. The van der Waals surface area contributed by atoms with Crippen molar-refractivity contribution in [1.82, 2.24) is 4.90 Å². The van der Waals surface area contributed by atoms with Crippen LogP contribution in [0.2, 0.25) is 5.02 Å². The molecule has 1 aliphatic heterocycles. The fourth-order valence-electron chi connectivity index (χ4n) is 3.16. The molecule has 0 radical (unpaired) electrons. The lowest BCUT2D eigenvalue weighted by Crippen LogP contribution is -2.49. The maximum atomic E-state index is 12.8. The Morgan fingerprint density at radius 1 is 1.12 bits per heavy atom. The van der Waals surface area contributed by atoms with Crippen LogP contribution in [-0.4, -0.2) is 41.9 Å². The Morgan fingerprint density at radius 2 is 1.77 bits per heavy atom. The summed E-state index contributed by atoms with van der Waals surface area (Å²) in [5.41, 5.74) is 1.88. The van der Waals surface area contributed by atoms with Crippen molar-refractivity contribution in [3.8, 4) is 0 Å². The zero-order valence-electron chi connectivity index (χ0n) is 14.5. The first-order valence-electron chi connectivity index (χ1n) is 8.49. The third-order valence-electron chi connectivity index (χ3n) is 4.74. The molecular formula is C19H20ClN3O3. The summed E-state index contributed by atoms with van der Waals surface area (Å²) in [4.78, 5) is 27.1. The number of hydrogen-bond donors (Lipinski definition) is 0. The number of amides is 1. The first-order chi connectivity index (χ1) is 12.5. The van der Waals surface area contributed by atoms with Gasteiger partial charge in [-0.2, -0.15) is 0 Å². The van der Waals surface area contributed by atoms with Gasteiger partial charge in [-0.3, -0.25) is 14.9 Å². The van der Waals surface area contributed by atoms with Crippen LogP contribution in [0.25, 0.3) is 0 Å². The summed E-state index contributed by atoms with van der Waals surface area (Å²) < 4.78 is 0. The van der Waals surface area contributed by atoms with Crippen molar-refractivity contribution in [2.24, 2.45) is 0 Å². The molecule has 136 valence electrons. The predicted octanol–water partition coefficient (Wildman–Crippen LogP) is 3.70. The Morgan fingerprint density at radius 3 is 2.35 bits per heavy atom. The normalized spacial score (nSPS) is 15.6. The molecule has 2 aromatic carbocycles. The largest absolute Gasteiger partial charge is 0.368 e. The Balaban J connectivity index is 1.61. The zero-order chi connectivity index (χ0) is 18.7. The molecule has 3 rings (SSSR count). The van der Waals surface area contributed by atoms with Crippen LogP contribution < -0.4 is 4.90 Å². The highest BCUT2D eigenvalue weighted by atomic mass is 35.5. The van der Waals surface area contributed by atoms with Crippen molar-refractivity contribution in [3.05, 3.63) is 69.2 Å². The van der Waals surface area contributed by atoms with Crippen LogP contribution in [-0.2, 0) is 4.79 Å². The Bertz CT molecular complexity index is 802. The lowest BCUT2D eigenvalue weighted by atomic mass is 9.99. The summed E-state index contributed by atoms with van der Waals surface area (Å²) in [7, 11) is 0. The number of benzene rings is 2. The van der Waals surface area contributed by atoms with E-state index >= 15 is 0 Å². The van der Waals surface area contributed by atoms with E-state index in [1.54, 1.807) is 12.1 Å². The molecule has 6 nitrogen and oxygen atoms in total. The number of nitro groups is 1. The van der Waals surface area contributed by atoms with E-state index in [1.165, 1.54) is 12.1 Å². The maximum absolute atomic E-state index is 12.8. The molecule has 1 atom stereocenters. The molecule has 0 N–H and O–H groups in total. The summed E-state index contributed by atoms with van der Waals surface area (Å²) in [6, 6.07) is 13.9. The Hall–Kier alpha value is -2.60. The average Bonchev–Trinajstić information content (AvgIpc) is 2.67. The van der Waals surface area contributed by atoms with Crippen LogP contribution in [0, 0.1) is 10.1 Å². The van der Waals surface area contributed by atoms with Gasteiger partial charge in [0, 0.05) is 49.0 Å². The van der Waals surface area contributed by atoms with Crippen molar-refractivity contribution in [3.63, 3.8) is 0 Å². The number of anilines is 1. The molecule has 1 amide bonds. The van der Waals surface area contributed by atoms with Crippen LogP contribution in [0.3, 0.4) is 0 Å². The molecule has 0 bridgehead atoms. The minimum atomic E-state index is -0.439. The van der Waals surface area contributed by atoms with E-state index in [0.717, 1.165) is 24.3 Å². The summed E-state index contributed by atoms with van der Waals surface area (Å²) >= 11 is 6.05. The van der Waals surface area contributed by atoms with Crippen LogP contribution in [0.4, 0.5) is 11.4 Å². The van der Waals surface area contributed by atoms with E-state index in [-0.39, 0.29) is 17.5 Å². The minimum absolute atomic E-state index is 0.0311. The average molecular weight is 374 g/mol. The predicted molar refractivity (Wildman–Crippen MR) is 102 cm³/mol. The molecule has 0 aliphatic carbocycles. The highest BCUT2D eigenvalue weighted by Gasteiger charge is 2.26. The molecule has 0 unspecified atom stereocenters. The number of carbonyl (C=O) groups excluding carboxylic acids is 1. The molecule has 2 aromatic rings. The fourth-order valence-corrected chi connectivity index (χ4v) is 3.34. The maximum Gasteiger partial charge on any atom is 0.269 e. The first kappa shape index (κ1) is 18.2. The SMILES string of the molecule is C[C@H](C(=O)N1CCN(c2cccc(Cl)c2)CC1)c1ccc([N+](=O)[O-])cc1. The van der Waals surface area contributed by atoms with E-state index in [0.29, 0.717) is 18.1 Å². The van der Waals surface area contributed by atoms with Crippen LogP contribution in [0.1, 0.15) is 18.4 Å². The first-order valence-corrected chi connectivity index (χ1v) is 8.87. The Kier molecular flexibility index (Phi) is 5.42. The minimum Gasteiger partial charge on any atom is -0.368 e. The van der Waals surface area contributed by atoms with E-state index < -0.39 is 4.92 Å². The van der Waals surface area contributed by atoms with Gasteiger partial charge in [0.2, 0.25) is 5.91 Å². The van der Waals surface area contributed by atoms with Gasteiger partial charge >= 0.3 is 0 Å². The van der Waals surface area contributed by atoms with E-state index in [9.17, 15) is 14.9 Å². The number of non-ortho nitro benzene ring substituents is 1. The zero-order valence-corrected chi connectivity index (χ0v) is 15.2. The second-order valence-corrected chi connectivity index (χ2v) is 6.80. The molecule has 1 fully saturated rings. The van der Waals surface area contributed by atoms with Crippen molar-refractivity contribution in [2.75, 3.05) is 31.1 Å². The van der Waals surface area contributed by atoms with Gasteiger partial charge < -0.3 is 9.80 Å². The second kappa shape index (κ2) is 7.74. The monoisotopic (exact) mass is 373 g/mol. The van der Waals surface area contributed by atoms with Crippen molar-refractivity contribution >= 4 is 28.9 Å². The number of halogens is 1. The second-order valence-electron chi connectivity index (χ2n) is 6.36. The van der Waals surface area contributed by atoms with Crippen LogP contribution in [0.5, 0.6) is 0 Å². The molecular weight excluding hydrogens is 354 g/mol. The van der Waals surface area contributed by atoms with Gasteiger partial charge in [0.15, 0.2) is 0 Å². The van der Waals surface area contributed by atoms with Gasteiger partial charge in [-0.25, -0.2) is 0 Å². The quantitative estimate of drug-likeness (QED) is 0.605. The van der Waals surface area contributed by atoms with Gasteiger partial charge in [-0.15, -0.1) is 0 Å². The van der Waals surface area contributed by atoms with Gasteiger partial charge in [0.1, 0.15) is 0 Å². The smallest absolute Gasteiger partial charge is 0.269 e. The number of carbonyl (C=O) groups is 1. The molecule has 0 aromatic heterocycles. The van der Waals surface area contributed by atoms with Crippen molar-refractivity contribution < 1.29 is 9.72 Å². The standard InChI is InChI=1S/C19H20ClN3O3/c1-14(15-5-7-17(8-6-15)23(25)26)19(24)22-11-9-21(10-12-22)18-4-2-3-16(20)13-18/h2-8,13-14H,9-12H2,1H3/t14-/m0/s1.